The van der Waals surface area contributed by atoms with Gasteiger partial charge in [0.05, 0.1) is 19.8 Å². The van der Waals surface area contributed by atoms with Gasteiger partial charge in [0.25, 0.3) is 5.91 Å². The van der Waals surface area contributed by atoms with Crippen LogP contribution in [-0.2, 0) is 19.1 Å². The largest absolute Gasteiger partial charge is 0.522 e. The Labute approximate surface area is 226 Å². The van der Waals surface area contributed by atoms with Gasteiger partial charge in [0.2, 0.25) is 5.91 Å². The number of rotatable bonds is 7. The highest BCUT2D eigenvalue weighted by Gasteiger charge is 2.53. The Morgan fingerprint density at radius 1 is 1.08 bits per heavy atom. The summed E-state index contributed by atoms with van der Waals surface area (Å²) >= 11 is 0. The van der Waals surface area contributed by atoms with Crippen molar-refractivity contribution in [3.8, 4) is 11.1 Å². The molecule has 5 rings (SSSR count). The number of amides is 3. The zero-order chi connectivity index (χ0) is 27.6. The molecular weight excluding hydrogens is 507 g/mol. The Hall–Kier alpha value is -3.61. The standard InChI is InChI=1S/C27H33FN6O5/c1-19(26(29)36)34(12-15-39-27(34)37)21-3-4-22(23(28)16-21)20-2-5-24(30-17-20)32-6-8-33(9-7-32)25(35)18-31-10-13-38-14-11-31/h2-5,16-17,19H,6-15,18H2,1H3,(H-,29,36)/p+1. The monoisotopic (exact) mass is 541 g/mol. The van der Waals surface area contributed by atoms with Gasteiger partial charge in [-0.15, -0.1) is 0 Å². The van der Waals surface area contributed by atoms with E-state index in [1.54, 1.807) is 31.3 Å². The molecule has 1 aromatic carbocycles. The number of anilines is 1. The summed E-state index contributed by atoms with van der Waals surface area (Å²) in [5.41, 5.74) is 6.73. The van der Waals surface area contributed by atoms with E-state index in [0.29, 0.717) is 62.8 Å². The van der Waals surface area contributed by atoms with Crippen LogP contribution in [0.4, 0.5) is 20.7 Å². The molecule has 3 aliphatic heterocycles. The Balaban J connectivity index is 1.24. The highest BCUT2D eigenvalue weighted by Crippen LogP contribution is 2.35. The number of cyclic esters (lactones) is 1. The first kappa shape index (κ1) is 27.0. The number of hydrogen-bond acceptors (Lipinski definition) is 8. The normalized spacial score (nSPS) is 23.0. The van der Waals surface area contributed by atoms with Crippen LogP contribution in [0.15, 0.2) is 36.5 Å². The lowest BCUT2D eigenvalue weighted by Crippen LogP contribution is -2.61. The molecule has 2 unspecified atom stereocenters. The number of nitrogens with two attached hydrogens (primary N) is 1. The molecular formula is C27H34FN6O5+. The second kappa shape index (κ2) is 11.2. The number of ether oxygens (including phenoxy) is 2. The average Bonchev–Trinajstić information content (AvgIpc) is 3.35. The predicted octanol–water partition coefficient (Wildman–Crippen LogP) is 1.20. The van der Waals surface area contributed by atoms with E-state index in [-0.39, 0.29) is 19.1 Å². The van der Waals surface area contributed by atoms with E-state index in [0.717, 1.165) is 18.9 Å². The maximum atomic E-state index is 15.3. The van der Waals surface area contributed by atoms with Gasteiger partial charge in [-0.05, 0) is 25.1 Å². The van der Waals surface area contributed by atoms with E-state index in [1.807, 2.05) is 11.0 Å². The van der Waals surface area contributed by atoms with Gasteiger partial charge >= 0.3 is 6.09 Å². The minimum absolute atomic E-state index is 0.126. The fraction of sp³-hybridized carbons (Fsp3) is 0.481. The molecule has 3 aliphatic rings. The number of morpholine rings is 1. The van der Waals surface area contributed by atoms with Crippen LogP contribution in [0.2, 0.25) is 0 Å². The predicted molar refractivity (Wildman–Crippen MR) is 142 cm³/mol. The van der Waals surface area contributed by atoms with Crippen LogP contribution in [-0.4, -0.2) is 111 Å². The van der Waals surface area contributed by atoms with Crippen LogP contribution in [0.1, 0.15) is 6.92 Å². The molecule has 3 amide bonds. The second-order valence-corrected chi connectivity index (χ2v) is 10.1. The van der Waals surface area contributed by atoms with Crippen LogP contribution >= 0.6 is 0 Å². The van der Waals surface area contributed by atoms with Gasteiger partial charge in [-0.2, -0.15) is 9.28 Å². The number of carbonyl (C=O) groups is 3. The first-order chi connectivity index (χ1) is 18.8. The van der Waals surface area contributed by atoms with Crippen LogP contribution in [0, 0.1) is 5.82 Å². The molecule has 208 valence electrons. The molecule has 1 aromatic heterocycles. The number of pyridine rings is 1. The highest BCUT2D eigenvalue weighted by atomic mass is 19.1. The molecule has 0 spiro atoms. The summed E-state index contributed by atoms with van der Waals surface area (Å²) in [6.45, 7) is 7.76. The molecule has 0 bridgehead atoms. The number of halogens is 1. The molecule has 39 heavy (non-hydrogen) atoms. The molecule has 4 heterocycles. The van der Waals surface area contributed by atoms with E-state index in [1.165, 1.54) is 6.07 Å². The van der Waals surface area contributed by atoms with Crippen molar-refractivity contribution in [2.24, 2.45) is 5.73 Å². The summed E-state index contributed by atoms with van der Waals surface area (Å²) in [7, 11) is 0. The quantitative estimate of drug-likeness (QED) is 0.520. The fourth-order valence-corrected chi connectivity index (χ4v) is 5.46. The third-order valence-electron chi connectivity index (χ3n) is 7.96. The lowest BCUT2D eigenvalue weighted by molar-refractivity contribution is -0.133. The number of nitrogens with zero attached hydrogens (tertiary/aromatic N) is 5. The van der Waals surface area contributed by atoms with Crippen molar-refractivity contribution in [1.82, 2.24) is 19.3 Å². The maximum absolute atomic E-state index is 15.3. The van der Waals surface area contributed by atoms with Crippen LogP contribution in [0.5, 0.6) is 0 Å². The van der Waals surface area contributed by atoms with Crippen LogP contribution in [0.25, 0.3) is 11.1 Å². The van der Waals surface area contributed by atoms with E-state index in [9.17, 15) is 14.4 Å². The van der Waals surface area contributed by atoms with Gasteiger partial charge in [-0.25, -0.2) is 9.37 Å². The van der Waals surface area contributed by atoms with E-state index >= 15 is 4.39 Å². The van der Waals surface area contributed by atoms with Gasteiger partial charge in [0, 0.05) is 68.7 Å². The van der Waals surface area contributed by atoms with Crippen molar-refractivity contribution in [3.05, 3.63) is 42.3 Å². The Morgan fingerprint density at radius 2 is 1.82 bits per heavy atom. The summed E-state index contributed by atoms with van der Waals surface area (Å²) in [4.78, 5) is 47.9. The van der Waals surface area contributed by atoms with Crippen molar-refractivity contribution in [2.75, 3.05) is 77.1 Å². The van der Waals surface area contributed by atoms with Gasteiger partial charge in [-0.3, -0.25) is 14.5 Å². The third-order valence-corrected chi connectivity index (χ3v) is 7.96. The molecule has 2 N–H and O–H groups in total. The first-order valence-electron chi connectivity index (χ1n) is 13.2. The molecule has 3 saturated heterocycles. The smallest absolute Gasteiger partial charge is 0.414 e. The highest BCUT2D eigenvalue weighted by molar-refractivity contribution is 5.93. The van der Waals surface area contributed by atoms with Crippen molar-refractivity contribution < 1.29 is 28.2 Å². The lowest BCUT2D eigenvalue weighted by Gasteiger charge is -2.37. The molecule has 0 saturated carbocycles. The Kier molecular flexibility index (Phi) is 7.78. The summed E-state index contributed by atoms with van der Waals surface area (Å²) < 4.78 is 25.3. The average molecular weight is 542 g/mol. The summed E-state index contributed by atoms with van der Waals surface area (Å²) in [6, 6.07) is 7.22. The molecule has 3 fully saturated rings. The lowest BCUT2D eigenvalue weighted by atomic mass is 10.0. The zero-order valence-electron chi connectivity index (χ0n) is 22.1. The van der Waals surface area contributed by atoms with Gasteiger partial charge < -0.3 is 25.0 Å². The van der Waals surface area contributed by atoms with E-state index < -0.39 is 28.3 Å². The zero-order valence-corrected chi connectivity index (χ0v) is 22.1. The number of aromatic nitrogens is 1. The SMILES string of the molecule is CC(C(N)=O)[N+]1(c2ccc(-c3ccc(N4CCN(C(=O)CN5CCOCC5)CC4)nc3)c(F)c2)CCOC1=O. The number of primary amides is 1. The molecule has 12 heteroatoms. The van der Waals surface area contributed by atoms with Crippen molar-refractivity contribution in [1.29, 1.82) is 0 Å². The maximum Gasteiger partial charge on any atom is 0.522 e. The molecule has 0 aliphatic carbocycles. The number of quaternary nitrogens is 1. The van der Waals surface area contributed by atoms with E-state index in [4.69, 9.17) is 15.2 Å². The summed E-state index contributed by atoms with van der Waals surface area (Å²) in [5.74, 6) is -0.310. The third kappa shape index (κ3) is 5.32. The van der Waals surface area contributed by atoms with Gasteiger partial charge in [0.1, 0.15) is 30.5 Å². The van der Waals surface area contributed by atoms with Crippen LogP contribution < -0.4 is 15.1 Å². The molecule has 0 radical (unpaired) electrons. The minimum atomic E-state index is -0.902. The van der Waals surface area contributed by atoms with Gasteiger partial charge in [0.15, 0.2) is 6.04 Å². The minimum Gasteiger partial charge on any atom is -0.414 e. The molecule has 2 atom stereocenters. The topological polar surface area (TPSA) is 118 Å². The molecule has 11 nitrogen and oxygen atoms in total. The van der Waals surface area contributed by atoms with E-state index in [2.05, 4.69) is 14.8 Å². The fourth-order valence-electron chi connectivity index (χ4n) is 5.46. The molecule has 2 aromatic rings. The number of piperazine rings is 1. The van der Waals surface area contributed by atoms with Crippen molar-refractivity contribution in [2.45, 2.75) is 13.0 Å². The van der Waals surface area contributed by atoms with Gasteiger partial charge in [-0.1, -0.05) is 0 Å². The van der Waals surface area contributed by atoms with Crippen molar-refractivity contribution >= 4 is 29.4 Å². The number of benzene rings is 1. The Morgan fingerprint density at radius 3 is 2.41 bits per heavy atom. The number of carbonyl (C=O) groups excluding carboxylic acids is 3. The first-order valence-corrected chi connectivity index (χ1v) is 13.2. The van der Waals surface area contributed by atoms with Crippen LogP contribution in [0.3, 0.4) is 0 Å². The summed E-state index contributed by atoms with van der Waals surface area (Å²) in [5, 5.41) is 0. The number of hydrogen-bond donors (Lipinski definition) is 1. The Bertz CT molecular complexity index is 1230. The summed E-state index contributed by atoms with van der Waals surface area (Å²) in [6.07, 6.45) is 0.992. The second-order valence-electron chi connectivity index (χ2n) is 10.1. The van der Waals surface area contributed by atoms with Crippen molar-refractivity contribution in [3.63, 3.8) is 0 Å².